The third-order valence-electron chi connectivity index (χ3n) is 4.07. The van der Waals surface area contributed by atoms with Gasteiger partial charge in [-0.3, -0.25) is 4.99 Å². The van der Waals surface area contributed by atoms with Crippen molar-refractivity contribution < 1.29 is 4.39 Å². The number of aromatic nitrogens is 1. The molecule has 1 aliphatic carbocycles. The van der Waals surface area contributed by atoms with Crippen molar-refractivity contribution in [3.8, 4) is 0 Å². The molecule has 0 spiro atoms. The monoisotopic (exact) mass is 416 g/mol. The molecule has 1 fully saturated rings. The van der Waals surface area contributed by atoms with E-state index < -0.39 is 0 Å². The van der Waals surface area contributed by atoms with Crippen LogP contribution in [0.5, 0.6) is 0 Å². The van der Waals surface area contributed by atoms with Crippen LogP contribution in [0.15, 0.2) is 29.4 Å². The molecule has 120 valence electrons. The lowest BCUT2D eigenvalue weighted by molar-refractivity contribution is 0.629. The van der Waals surface area contributed by atoms with E-state index in [0.29, 0.717) is 6.04 Å². The standard InChI is InChI=1S/C16H21FN4.HI/c1-10-7-14(10)21-16(18-2)19-6-5-11-9-20-15-8-12(17)3-4-13(11)15;/h3-4,8-10,14,20H,5-7H2,1-2H3,(H2,18,19,21);1H. The zero-order chi connectivity index (χ0) is 14.8. The highest BCUT2D eigenvalue weighted by Crippen LogP contribution is 2.28. The predicted molar refractivity (Wildman–Crippen MR) is 99.4 cm³/mol. The molecule has 2 atom stereocenters. The molecular formula is C16H22FIN4. The lowest BCUT2D eigenvalue weighted by atomic mass is 10.1. The van der Waals surface area contributed by atoms with Crippen LogP contribution >= 0.6 is 24.0 Å². The minimum absolute atomic E-state index is 0. The summed E-state index contributed by atoms with van der Waals surface area (Å²) in [6, 6.07) is 5.42. The minimum atomic E-state index is -0.211. The second-order valence-electron chi connectivity index (χ2n) is 5.72. The molecule has 3 N–H and O–H groups in total. The molecular weight excluding hydrogens is 394 g/mol. The Morgan fingerprint density at radius 1 is 1.45 bits per heavy atom. The SMILES string of the molecule is CN=C(NCCc1c[nH]c2cc(F)ccc12)NC1CC1C.I. The smallest absolute Gasteiger partial charge is 0.191 e. The van der Waals surface area contributed by atoms with E-state index in [-0.39, 0.29) is 29.8 Å². The molecule has 4 nitrogen and oxygen atoms in total. The number of benzene rings is 1. The van der Waals surface area contributed by atoms with E-state index in [1.807, 2.05) is 12.3 Å². The molecule has 1 aromatic carbocycles. The Morgan fingerprint density at radius 2 is 2.23 bits per heavy atom. The molecule has 0 aliphatic heterocycles. The molecule has 0 amide bonds. The third-order valence-corrected chi connectivity index (χ3v) is 4.07. The summed E-state index contributed by atoms with van der Waals surface area (Å²) in [4.78, 5) is 7.35. The number of nitrogens with zero attached hydrogens (tertiary/aromatic N) is 1. The van der Waals surface area contributed by atoms with Crippen molar-refractivity contribution in [3.05, 3.63) is 35.8 Å². The van der Waals surface area contributed by atoms with Gasteiger partial charge in [-0.1, -0.05) is 6.92 Å². The van der Waals surface area contributed by atoms with Crippen LogP contribution in [0, 0.1) is 11.7 Å². The second kappa shape index (κ2) is 7.30. The van der Waals surface area contributed by atoms with Crippen LogP contribution in [0.4, 0.5) is 4.39 Å². The number of guanidine groups is 1. The number of hydrogen-bond acceptors (Lipinski definition) is 1. The average Bonchev–Trinajstić information content (AvgIpc) is 3.02. The summed E-state index contributed by atoms with van der Waals surface area (Å²) in [7, 11) is 1.79. The molecule has 2 aromatic rings. The van der Waals surface area contributed by atoms with Crippen molar-refractivity contribution in [3.63, 3.8) is 0 Å². The highest BCUT2D eigenvalue weighted by atomic mass is 127. The number of halogens is 2. The quantitative estimate of drug-likeness (QED) is 0.408. The van der Waals surface area contributed by atoms with Crippen LogP contribution in [0.25, 0.3) is 10.9 Å². The number of H-pyrrole nitrogens is 1. The Bertz CT molecular complexity index is 667. The molecule has 0 bridgehead atoms. The van der Waals surface area contributed by atoms with Crippen molar-refractivity contribution in [1.29, 1.82) is 0 Å². The molecule has 1 heterocycles. The van der Waals surface area contributed by atoms with Crippen LogP contribution in [-0.4, -0.2) is 30.6 Å². The van der Waals surface area contributed by atoms with Crippen molar-refractivity contribution in [2.45, 2.75) is 25.8 Å². The first-order chi connectivity index (χ1) is 10.2. The highest BCUT2D eigenvalue weighted by molar-refractivity contribution is 14.0. The first-order valence-corrected chi connectivity index (χ1v) is 7.40. The lowest BCUT2D eigenvalue weighted by Crippen LogP contribution is -2.39. The van der Waals surface area contributed by atoms with E-state index in [1.165, 1.54) is 24.1 Å². The Balaban J connectivity index is 0.00000176. The fourth-order valence-electron chi connectivity index (χ4n) is 2.57. The number of hydrogen-bond donors (Lipinski definition) is 3. The summed E-state index contributed by atoms with van der Waals surface area (Å²) >= 11 is 0. The average molecular weight is 416 g/mol. The number of nitrogens with one attached hydrogen (secondary N) is 3. The van der Waals surface area contributed by atoms with Crippen molar-refractivity contribution in [1.82, 2.24) is 15.6 Å². The fraction of sp³-hybridized carbons (Fsp3) is 0.438. The summed E-state index contributed by atoms with van der Waals surface area (Å²) in [6.07, 6.45) is 4.03. The van der Waals surface area contributed by atoms with E-state index in [1.54, 1.807) is 7.05 Å². The molecule has 2 unspecified atom stereocenters. The van der Waals surface area contributed by atoms with Gasteiger partial charge in [0.15, 0.2) is 5.96 Å². The van der Waals surface area contributed by atoms with Gasteiger partial charge in [0.1, 0.15) is 5.82 Å². The summed E-state index contributed by atoms with van der Waals surface area (Å²) in [6.45, 7) is 3.03. The van der Waals surface area contributed by atoms with Crippen molar-refractivity contribution in [2.24, 2.45) is 10.9 Å². The molecule has 3 rings (SSSR count). The van der Waals surface area contributed by atoms with Crippen molar-refractivity contribution in [2.75, 3.05) is 13.6 Å². The van der Waals surface area contributed by atoms with Gasteiger partial charge in [0.05, 0.1) is 0 Å². The lowest BCUT2D eigenvalue weighted by Gasteiger charge is -2.11. The number of rotatable bonds is 4. The van der Waals surface area contributed by atoms with E-state index in [0.717, 1.165) is 35.7 Å². The first kappa shape index (κ1) is 17.1. The third kappa shape index (κ3) is 3.91. The maximum atomic E-state index is 13.2. The van der Waals surface area contributed by atoms with Gasteiger partial charge in [-0.2, -0.15) is 0 Å². The Morgan fingerprint density at radius 3 is 2.91 bits per heavy atom. The summed E-state index contributed by atoms with van der Waals surface area (Å²) in [5.41, 5.74) is 2.03. The Labute approximate surface area is 147 Å². The summed E-state index contributed by atoms with van der Waals surface area (Å²) in [5, 5.41) is 7.80. The summed E-state index contributed by atoms with van der Waals surface area (Å²) < 4.78 is 13.2. The maximum Gasteiger partial charge on any atom is 0.191 e. The van der Waals surface area contributed by atoms with Crippen LogP contribution in [0.2, 0.25) is 0 Å². The first-order valence-electron chi connectivity index (χ1n) is 7.40. The molecule has 1 aromatic heterocycles. The zero-order valence-corrected chi connectivity index (χ0v) is 15.1. The van der Waals surface area contributed by atoms with Gasteiger partial charge in [-0.15, -0.1) is 24.0 Å². The second-order valence-corrected chi connectivity index (χ2v) is 5.72. The van der Waals surface area contributed by atoms with Gasteiger partial charge >= 0.3 is 0 Å². The fourth-order valence-corrected chi connectivity index (χ4v) is 2.57. The zero-order valence-electron chi connectivity index (χ0n) is 12.8. The van der Waals surface area contributed by atoms with Crippen LogP contribution in [0.3, 0.4) is 0 Å². The van der Waals surface area contributed by atoms with E-state index in [2.05, 4.69) is 27.5 Å². The van der Waals surface area contributed by atoms with Gasteiger partial charge in [0, 0.05) is 36.7 Å². The van der Waals surface area contributed by atoms with Crippen molar-refractivity contribution >= 4 is 40.8 Å². The van der Waals surface area contributed by atoms with Crippen LogP contribution in [0.1, 0.15) is 18.9 Å². The number of aliphatic imine (C=N–C) groups is 1. The van der Waals surface area contributed by atoms with Gasteiger partial charge in [-0.05, 0) is 42.5 Å². The van der Waals surface area contributed by atoms with E-state index >= 15 is 0 Å². The molecule has 6 heteroatoms. The number of fused-ring (bicyclic) bond motifs is 1. The number of aromatic amines is 1. The van der Waals surface area contributed by atoms with Gasteiger partial charge in [0.25, 0.3) is 0 Å². The topological polar surface area (TPSA) is 52.2 Å². The maximum absolute atomic E-state index is 13.2. The normalized spacial score (nSPS) is 20.6. The molecule has 1 saturated carbocycles. The molecule has 22 heavy (non-hydrogen) atoms. The van der Waals surface area contributed by atoms with Gasteiger partial charge < -0.3 is 15.6 Å². The van der Waals surface area contributed by atoms with E-state index in [9.17, 15) is 4.39 Å². The van der Waals surface area contributed by atoms with Crippen LogP contribution < -0.4 is 10.6 Å². The Kier molecular flexibility index (Phi) is 5.66. The van der Waals surface area contributed by atoms with E-state index in [4.69, 9.17) is 0 Å². The minimum Gasteiger partial charge on any atom is -0.361 e. The molecule has 0 saturated heterocycles. The summed E-state index contributed by atoms with van der Waals surface area (Å²) in [5.74, 6) is 1.39. The van der Waals surface area contributed by atoms with Gasteiger partial charge in [0.2, 0.25) is 0 Å². The Hall–Kier alpha value is -1.31. The highest BCUT2D eigenvalue weighted by Gasteiger charge is 2.33. The van der Waals surface area contributed by atoms with Gasteiger partial charge in [-0.25, -0.2) is 4.39 Å². The molecule has 0 radical (unpaired) electrons. The van der Waals surface area contributed by atoms with Crippen LogP contribution in [-0.2, 0) is 6.42 Å². The predicted octanol–water partition coefficient (Wildman–Crippen LogP) is 3.04. The molecule has 1 aliphatic rings. The largest absolute Gasteiger partial charge is 0.361 e.